The fourth-order valence-corrected chi connectivity index (χ4v) is 12.9. The fraction of sp³-hybridized carbons (Fsp3) is 0.0526. The van der Waals surface area contributed by atoms with Gasteiger partial charge in [0.25, 0.3) is 0 Å². The lowest BCUT2D eigenvalue weighted by molar-refractivity contribution is 0.592. The van der Waals surface area contributed by atoms with Gasteiger partial charge in [-0.2, -0.15) is 0 Å². The zero-order chi connectivity index (χ0) is 40.2. The molecule has 2 nitrogen and oxygen atoms in total. The third kappa shape index (κ3) is 4.98. The van der Waals surface area contributed by atoms with Crippen LogP contribution < -0.4 is 15.9 Å². The predicted molar refractivity (Wildman–Crippen MR) is 256 cm³/mol. The Bertz CT molecular complexity index is 3520. The molecular formula is C57H40NOP. The van der Waals surface area contributed by atoms with Crippen molar-refractivity contribution in [3.63, 3.8) is 0 Å². The topological polar surface area (TPSA) is 22.0 Å². The van der Waals surface area contributed by atoms with Gasteiger partial charge in [-0.15, -0.1) is 0 Å². The van der Waals surface area contributed by atoms with E-state index < -0.39 is 7.14 Å². The van der Waals surface area contributed by atoms with Crippen LogP contribution in [0.1, 0.15) is 25.0 Å². The fourth-order valence-electron chi connectivity index (χ4n) is 10.3. The zero-order valence-electron chi connectivity index (χ0n) is 33.4. The SMILES string of the molecule is CC1(C)c2ccccc2-c2cc3c4cc5c6ccccc6c6ccccc6c5cc4n(-c4ccc(-c5ccc(P(=O)(c6ccccc6)c6ccccc6)cc5)cc4)c3cc21. The lowest BCUT2D eigenvalue weighted by Crippen LogP contribution is -2.24. The van der Waals surface area contributed by atoms with E-state index in [1.807, 2.05) is 60.7 Å². The number of hydrogen-bond acceptors (Lipinski definition) is 1. The number of hydrogen-bond donors (Lipinski definition) is 0. The molecule has 0 atom stereocenters. The van der Waals surface area contributed by atoms with E-state index in [0.717, 1.165) is 32.7 Å². The van der Waals surface area contributed by atoms with E-state index in [-0.39, 0.29) is 5.41 Å². The molecule has 0 bridgehead atoms. The Morgan fingerprint density at radius 2 is 0.817 bits per heavy atom. The van der Waals surface area contributed by atoms with Crippen molar-refractivity contribution in [1.82, 2.24) is 4.57 Å². The highest BCUT2D eigenvalue weighted by molar-refractivity contribution is 7.85. The lowest BCUT2D eigenvalue weighted by Gasteiger charge is -2.21. The molecule has 10 aromatic carbocycles. The molecule has 12 rings (SSSR count). The monoisotopic (exact) mass is 785 g/mol. The second kappa shape index (κ2) is 13.0. The molecule has 1 aliphatic carbocycles. The third-order valence-electron chi connectivity index (χ3n) is 13.3. The van der Waals surface area contributed by atoms with Crippen molar-refractivity contribution in [3.8, 4) is 27.9 Å². The summed E-state index contributed by atoms with van der Waals surface area (Å²) in [7, 11) is -3.06. The first-order valence-electron chi connectivity index (χ1n) is 20.8. The molecule has 3 heteroatoms. The summed E-state index contributed by atoms with van der Waals surface area (Å²) in [6.45, 7) is 4.73. The first kappa shape index (κ1) is 35.0. The minimum Gasteiger partial charge on any atom is -0.309 e. The van der Waals surface area contributed by atoms with Crippen molar-refractivity contribution in [2.75, 3.05) is 0 Å². The molecule has 0 unspecified atom stereocenters. The molecule has 11 aromatic rings. The third-order valence-corrected chi connectivity index (χ3v) is 16.3. The average molecular weight is 786 g/mol. The van der Waals surface area contributed by atoms with Gasteiger partial charge in [0, 0.05) is 37.8 Å². The lowest BCUT2D eigenvalue weighted by atomic mass is 9.82. The van der Waals surface area contributed by atoms with Crippen LogP contribution in [0.2, 0.25) is 0 Å². The van der Waals surface area contributed by atoms with Gasteiger partial charge in [-0.05, 0) is 102 Å². The maximum atomic E-state index is 15.0. The second-order valence-electron chi connectivity index (χ2n) is 16.8. The molecule has 0 fully saturated rings. The van der Waals surface area contributed by atoms with Gasteiger partial charge in [0.2, 0.25) is 0 Å². The normalized spacial score (nSPS) is 13.4. The van der Waals surface area contributed by atoms with Crippen LogP contribution in [-0.4, -0.2) is 4.57 Å². The smallest absolute Gasteiger partial charge is 0.171 e. The quantitative estimate of drug-likeness (QED) is 0.126. The Labute approximate surface area is 349 Å². The summed E-state index contributed by atoms with van der Waals surface area (Å²) in [5.41, 5.74) is 11.0. The Kier molecular flexibility index (Phi) is 7.59. The van der Waals surface area contributed by atoms with Crippen molar-refractivity contribution >= 4 is 77.2 Å². The summed E-state index contributed by atoms with van der Waals surface area (Å²) in [5, 5.41) is 12.7. The standard InChI is InChI=1S/C57H40NOP/c1-57(2)53-24-14-13-23-47(53)50-34-52-51-33-48-45-21-11-9-19-43(45)44-20-10-12-22-46(44)49(48)35-55(51)58(56(52)36-54(50)57)39-29-25-37(26-30-39)38-27-31-42(32-28-38)60(59,40-15-5-3-6-16-40)41-17-7-4-8-18-41/h3-36H,1-2H3. The van der Waals surface area contributed by atoms with Crippen molar-refractivity contribution < 1.29 is 4.57 Å². The van der Waals surface area contributed by atoms with Crippen molar-refractivity contribution in [2.24, 2.45) is 0 Å². The first-order chi connectivity index (χ1) is 29.4. The number of fused-ring (bicyclic) bond motifs is 12. The maximum Gasteiger partial charge on any atom is 0.171 e. The van der Waals surface area contributed by atoms with E-state index in [1.165, 1.54) is 76.4 Å². The van der Waals surface area contributed by atoms with Gasteiger partial charge in [0.15, 0.2) is 7.14 Å². The van der Waals surface area contributed by atoms with Crippen molar-refractivity contribution in [2.45, 2.75) is 19.3 Å². The number of rotatable bonds is 5. The van der Waals surface area contributed by atoms with Gasteiger partial charge in [-0.25, -0.2) is 0 Å². The van der Waals surface area contributed by atoms with E-state index >= 15 is 4.57 Å². The highest BCUT2D eigenvalue weighted by Crippen LogP contribution is 2.52. The van der Waals surface area contributed by atoms with Crippen LogP contribution in [0.4, 0.5) is 0 Å². The van der Waals surface area contributed by atoms with Crippen LogP contribution in [-0.2, 0) is 9.98 Å². The minimum absolute atomic E-state index is 0.125. The average Bonchev–Trinajstić information content (AvgIpc) is 3.74. The Morgan fingerprint density at radius 3 is 1.42 bits per heavy atom. The molecule has 0 amide bonds. The van der Waals surface area contributed by atoms with E-state index in [9.17, 15) is 0 Å². The highest BCUT2D eigenvalue weighted by Gasteiger charge is 2.36. The summed E-state index contributed by atoms with van der Waals surface area (Å²) in [4.78, 5) is 0. The minimum atomic E-state index is -3.06. The number of benzene rings is 10. The molecule has 284 valence electrons. The van der Waals surface area contributed by atoms with E-state index in [1.54, 1.807) is 0 Å². The molecule has 1 aromatic heterocycles. The summed E-state index contributed by atoms with van der Waals surface area (Å²) in [6, 6.07) is 73.5. The number of aromatic nitrogens is 1. The van der Waals surface area contributed by atoms with Crippen LogP contribution in [0, 0.1) is 0 Å². The van der Waals surface area contributed by atoms with Crippen LogP contribution >= 0.6 is 7.14 Å². The summed E-state index contributed by atoms with van der Waals surface area (Å²) >= 11 is 0. The molecular weight excluding hydrogens is 746 g/mol. The van der Waals surface area contributed by atoms with Gasteiger partial charge in [0.05, 0.1) is 11.0 Å². The molecule has 1 aliphatic rings. The van der Waals surface area contributed by atoms with Crippen LogP contribution in [0.15, 0.2) is 206 Å². The summed E-state index contributed by atoms with van der Waals surface area (Å²) in [5.74, 6) is 0. The molecule has 0 saturated heterocycles. The Balaban J connectivity index is 1.05. The molecule has 1 heterocycles. The van der Waals surface area contributed by atoms with E-state index in [2.05, 4.69) is 164 Å². The zero-order valence-corrected chi connectivity index (χ0v) is 34.3. The van der Waals surface area contributed by atoms with Crippen LogP contribution in [0.3, 0.4) is 0 Å². The Morgan fingerprint density at radius 1 is 0.367 bits per heavy atom. The maximum absolute atomic E-state index is 15.0. The van der Waals surface area contributed by atoms with Gasteiger partial charge in [-0.1, -0.05) is 184 Å². The van der Waals surface area contributed by atoms with E-state index in [0.29, 0.717) is 0 Å². The van der Waals surface area contributed by atoms with Crippen molar-refractivity contribution in [3.05, 3.63) is 217 Å². The Hall–Kier alpha value is -6.99. The number of nitrogens with zero attached hydrogens (tertiary/aromatic N) is 1. The van der Waals surface area contributed by atoms with Gasteiger partial charge < -0.3 is 9.13 Å². The molecule has 0 radical (unpaired) electrons. The molecule has 0 saturated carbocycles. The summed E-state index contributed by atoms with van der Waals surface area (Å²) in [6.07, 6.45) is 0. The van der Waals surface area contributed by atoms with Gasteiger partial charge >= 0.3 is 0 Å². The predicted octanol–water partition coefficient (Wildman–Crippen LogP) is 13.9. The molecule has 0 aliphatic heterocycles. The molecule has 0 N–H and O–H groups in total. The van der Waals surface area contributed by atoms with Gasteiger partial charge in [0.1, 0.15) is 0 Å². The van der Waals surface area contributed by atoms with Crippen LogP contribution in [0.5, 0.6) is 0 Å². The van der Waals surface area contributed by atoms with E-state index in [4.69, 9.17) is 0 Å². The van der Waals surface area contributed by atoms with Crippen molar-refractivity contribution in [1.29, 1.82) is 0 Å². The largest absolute Gasteiger partial charge is 0.309 e. The molecule has 0 spiro atoms. The van der Waals surface area contributed by atoms with Crippen LogP contribution in [0.25, 0.3) is 82.1 Å². The summed E-state index contributed by atoms with van der Waals surface area (Å²) < 4.78 is 17.5. The molecule has 60 heavy (non-hydrogen) atoms. The second-order valence-corrected chi connectivity index (χ2v) is 19.6. The first-order valence-corrected chi connectivity index (χ1v) is 22.5. The highest BCUT2D eigenvalue weighted by atomic mass is 31.2. The van der Waals surface area contributed by atoms with Gasteiger partial charge in [-0.3, -0.25) is 0 Å².